The summed E-state index contributed by atoms with van der Waals surface area (Å²) in [5.41, 5.74) is 1.21. The first-order chi connectivity index (χ1) is 9.90. The molecule has 0 amide bonds. The number of nitrogens with zero attached hydrogens (tertiary/aromatic N) is 2. The fraction of sp³-hybridized carbons (Fsp3) is 0.471. The van der Waals surface area contributed by atoms with E-state index in [0.29, 0.717) is 12.1 Å². The van der Waals surface area contributed by atoms with Crippen LogP contribution in [-0.2, 0) is 0 Å². The highest BCUT2D eigenvalue weighted by molar-refractivity contribution is 5.55. The first kappa shape index (κ1) is 13.4. The summed E-state index contributed by atoms with van der Waals surface area (Å²) in [5.74, 6) is 1.10. The molecule has 20 heavy (non-hydrogen) atoms. The summed E-state index contributed by atoms with van der Waals surface area (Å²) in [5, 5.41) is 3.51. The maximum atomic E-state index is 4.60. The van der Waals surface area contributed by atoms with E-state index in [4.69, 9.17) is 0 Å². The highest BCUT2D eigenvalue weighted by atomic mass is 15.1. The Kier molecular flexibility index (Phi) is 4.16. The summed E-state index contributed by atoms with van der Waals surface area (Å²) in [6.45, 7) is 0. The number of likely N-dealkylation sites (N-methyl/N-ethyl adjacent to an activating group) is 1. The Morgan fingerprint density at radius 3 is 2.70 bits per heavy atom. The highest BCUT2D eigenvalue weighted by Gasteiger charge is 2.25. The third-order valence-electron chi connectivity index (χ3n) is 4.41. The monoisotopic (exact) mass is 269 g/mol. The van der Waals surface area contributed by atoms with Crippen molar-refractivity contribution in [1.29, 1.82) is 0 Å². The van der Waals surface area contributed by atoms with Crippen LogP contribution in [0.15, 0.2) is 42.7 Å². The smallest absolute Gasteiger partial charge is 0.140 e. The molecule has 3 rings (SSSR count). The Morgan fingerprint density at radius 2 is 1.90 bits per heavy atom. The van der Waals surface area contributed by atoms with Gasteiger partial charge in [-0.2, -0.15) is 0 Å². The highest BCUT2D eigenvalue weighted by Crippen LogP contribution is 2.31. The minimum absolute atomic E-state index is 0.514. The summed E-state index contributed by atoms with van der Waals surface area (Å²) in [6.07, 6.45) is 10.6. The molecule has 2 aromatic rings. The second-order valence-corrected chi connectivity index (χ2v) is 5.62. The molecule has 1 aliphatic rings. The first-order valence-corrected chi connectivity index (χ1v) is 7.65. The Bertz CT molecular complexity index is 532. The zero-order valence-electron chi connectivity index (χ0n) is 12.1. The van der Waals surface area contributed by atoms with E-state index < -0.39 is 0 Å². The molecule has 1 saturated carbocycles. The van der Waals surface area contributed by atoms with Crippen LogP contribution >= 0.6 is 0 Å². The standard InChI is InChI=1S/C17H23N3/c1-18-15-10-6-3-7-11-16(15)20-13-12-19-17(20)14-8-4-2-5-9-14/h2,4-5,8-9,12-13,15-16,18H,3,6-7,10-11H2,1H3. The molecule has 2 unspecified atom stereocenters. The number of aromatic nitrogens is 2. The van der Waals surface area contributed by atoms with Gasteiger partial charge in [-0.25, -0.2) is 4.98 Å². The van der Waals surface area contributed by atoms with Gasteiger partial charge in [0.15, 0.2) is 0 Å². The molecular weight excluding hydrogens is 246 g/mol. The molecular formula is C17H23N3. The minimum atomic E-state index is 0.514. The van der Waals surface area contributed by atoms with Crippen molar-refractivity contribution in [2.45, 2.75) is 44.2 Å². The Labute approximate surface area is 121 Å². The van der Waals surface area contributed by atoms with Crippen LogP contribution in [-0.4, -0.2) is 22.6 Å². The van der Waals surface area contributed by atoms with E-state index in [1.165, 1.54) is 37.7 Å². The van der Waals surface area contributed by atoms with Gasteiger partial charge in [0.2, 0.25) is 0 Å². The summed E-state index contributed by atoms with van der Waals surface area (Å²) in [7, 11) is 2.09. The van der Waals surface area contributed by atoms with E-state index in [1.54, 1.807) is 0 Å². The SMILES string of the molecule is CNC1CCCCCC1n1ccnc1-c1ccccc1. The number of rotatable bonds is 3. The average Bonchev–Trinajstić information content (AvgIpc) is 2.86. The number of benzene rings is 1. The zero-order chi connectivity index (χ0) is 13.8. The molecule has 3 heteroatoms. The van der Waals surface area contributed by atoms with E-state index >= 15 is 0 Å². The topological polar surface area (TPSA) is 29.9 Å². The van der Waals surface area contributed by atoms with Gasteiger partial charge < -0.3 is 9.88 Å². The van der Waals surface area contributed by atoms with Gasteiger partial charge in [-0.15, -0.1) is 0 Å². The van der Waals surface area contributed by atoms with Gasteiger partial charge in [0.05, 0.1) is 6.04 Å². The van der Waals surface area contributed by atoms with Crippen molar-refractivity contribution in [2.24, 2.45) is 0 Å². The fourth-order valence-electron chi connectivity index (χ4n) is 3.35. The van der Waals surface area contributed by atoms with E-state index in [9.17, 15) is 0 Å². The third-order valence-corrected chi connectivity index (χ3v) is 4.41. The number of hydrogen-bond donors (Lipinski definition) is 1. The maximum absolute atomic E-state index is 4.60. The Balaban J connectivity index is 1.95. The summed E-state index contributed by atoms with van der Waals surface area (Å²) >= 11 is 0. The van der Waals surface area contributed by atoms with Crippen LogP contribution in [0.1, 0.15) is 38.1 Å². The van der Waals surface area contributed by atoms with Crippen molar-refractivity contribution < 1.29 is 0 Å². The second kappa shape index (κ2) is 6.23. The quantitative estimate of drug-likeness (QED) is 0.862. The lowest BCUT2D eigenvalue weighted by atomic mass is 10.0. The molecule has 2 atom stereocenters. The largest absolute Gasteiger partial charge is 0.326 e. The van der Waals surface area contributed by atoms with Gasteiger partial charge in [-0.1, -0.05) is 49.6 Å². The predicted octanol–water partition coefficient (Wildman–Crippen LogP) is 3.64. The van der Waals surface area contributed by atoms with Gasteiger partial charge in [-0.3, -0.25) is 0 Å². The van der Waals surface area contributed by atoms with Crippen molar-refractivity contribution in [1.82, 2.24) is 14.9 Å². The molecule has 0 bridgehead atoms. The number of hydrogen-bond acceptors (Lipinski definition) is 2. The third kappa shape index (κ3) is 2.63. The van der Waals surface area contributed by atoms with Crippen LogP contribution < -0.4 is 5.32 Å². The van der Waals surface area contributed by atoms with Crippen molar-refractivity contribution in [3.8, 4) is 11.4 Å². The summed E-state index contributed by atoms with van der Waals surface area (Å²) in [4.78, 5) is 4.60. The molecule has 1 fully saturated rings. The average molecular weight is 269 g/mol. The van der Waals surface area contributed by atoms with E-state index in [0.717, 1.165) is 5.82 Å². The lowest BCUT2D eigenvalue weighted by Gasteiger charge is -2.27. The molecule has 0 aliphatic heterocycles. The summed E-state index contributed by atoms with van der Waals surface area (Å²) in [6, 6.07) is 11.6. The van der Waals surface area contributed by atoms with Crippen LogP contribution in [0, 0.1) is 0 Å². The number of imidazole rings is 1. The van der Waals surface area contributed by atoms with E-state index in [2.05, 4.69) is 58.4 Å². The first-order valence-electron chi connectivity index (χ1n) is 7.65. The molecule has 1 aliphatic carbocycles. The molecule has 106 valence electrons. The Morgan fingerprint density at radius 1 is 1.10 bits per heavy atom. The maximum Gasteiger partial charge on any atom is 0.140 e. The van der Waals surface area contributed by atoms with Gasteiger partial charge >= 0.3 is 0 Å². The van der Waals surface area contributed by atoms with Gasteiger partial charge in [0.1, 0.15) is 5.82 Å². The normalized spacial score (nSPS) is 23.4. The van der Waals surface area contributed by atoms with Crippen LogP contribution in [0.3, 0.4) is 0 Å². The predicted molar refractivity (Wildman–Crippen MR) is 82.6 cm³/mol. The summed E-state index contributed by atoms with van der Waals surface area (Å²) < 4.78 is 2.38. The van der Waals surface area contributed by atoms with Crippen molar-refractivity contribution >= 4 is 0 Å². The van der Waals surface area contributed by atoms with Gasteiger partial charge in [0.25, 0.3) is 0 Å². The van der Waals surface area contributed by atoms with E-state index in [1.807, 2.05) is 6.20 Å². The fourth-order valence-corrected chi connectivity index (χ4v) is 3.35. The van der Waals surface area contributed by atoms with Crippen LogP contribution in [0.5, 0.6) is 0 Å². The minimum Gasteiger partial charge on any atom is -0.326 e. The molecule has 1 N–H and O–H groups in total. The molecule has 3 nitrogen and oxygen atoms in total. The van der Waals surface area contributed by atoms with Crippen molar-refractivity contribution in [3.05, 3.63) is 42.7 Å². The van der Waals surface area contributed by atoms with Crippen molar-refractivity contribution in [2.75, 3.05) is 7.05 Å². The van der Waals surface area contributed by atoms with Gasteiger partial charge in [-0.05, 0) is 19.9 Å². The lowest BCUT2D eigenvalue weighted by molar-refractivity contribution is 0.349. The van der Waals surface area contributed by atoms with Crippen LogP contribution in [0.25, 0.3) is 11.4 Å². The lowest BCUT2D eigenvalue weighted by Crippen LogP contribution is -2.34. The molecule has 0 spiro atoms. The molecule has 1 aromatic heterocycles. The molecule has 1 aromatic carbocycles. The van der Waals surface area contributed by atoms with E-state index in [-0.39, 0.29) is 0 Å². The van der Waals surface area contributed by atoms with Crippen LogP contribution in [0.2, 0.25) is 0 Å². The van der Waals surface area contributed by atoms with Crippen molar-refractivity contribution in [3.63, 3.8) is 0 Å². The Hall–Kier alpha value is -1.61. The zero-order valence-corrected chi connectivity index (χ0v) is 12.1. The van der Waals surface area contributed by atoms with Crippen LogP contribution in [0.4, 0.5) is 0 Å². The molecule has 0 saturated heterocycles. The number of nitrogens with one attached hydrogen (secondary N) is 1. The molecule has 1 heterocycles. The second-order valence-electron chi connectivity index (χ2n) is 5.62. The van der Waals surface area contributed by atoms with Gasteiger partial charge in [0, 0.05) is 24.0 Å². The molecule has 0 radical (unpaired) electrons.